The van der Waals surface area contributed by atoms with Gasteiger partial charge in [-0.1, -0.05) is 22.0 Å². The molecule has 5 rings (SSSR count). The van der Waals surface area contributed by atoms with E-state index in [0.717, 1.165) is 9.37 Å². The molecule has 178 valence electrons. The van der Waals surface area contributed by atoms with Gasteiger partial charge in [-0.2, -0.15) is 0 Å². The van der Waals surface area contributed by atoms with Crippen LogP contribution in [0, 0.1) is 16.0 Å². The average Bonchev–Trinajstić information content (AvgIpc) is 3.36. The third-order valence-corrected chi connectivity index (χ3v) is 6.59. The van der Waals surface area contributed by atoms with Crippen molar-refractivity contribution in [3.63, 3.8) is 0 Å². The summed E-state index contributed by atoms with van der Waals surface area (Å²) < 4.78 is 6.04. The fraction of sp³-hybridized carbons (Fsp3) is 0.167. The smallest absolute Gasteiger partial charge is 0.269 e. The number of methoxy groups -OCH3 is 1. The van der Waals surface area contributed by atoms with Gasteiger partial charge in [-0.05, 0) is 54.1 Å². The van der Waals surface area contributed by atoms with Crippen LogP contribution in [0.15, 0.2) is 71.2 Å². The van der Waals surface area contributed by atoms with E-state index in [9.17, 15) is 24.8 Å². The van der Waals surface area contributed by atoms with Crippen LogP contribution < -0.4 is 14.7 Å². The van der Waals surface area contributed by atoms with Crippen LogP contribution in [0.4, 0.5) is 17.1 Å². The van der Waals surface area contributed by atoms with E-state index in [4.69, 9.17) is 9.57 Å². The van der Waals surface area contributed by atoms with Gasteiger partial charge in [0.15, 0.2) is 17.6 Å². The molecule has 3 atom stereocenters. The van der Waals surface area contributed by atoms with Crippen LogP contribution >= 0.6 is 15.9 Å². The summed E-state index contributed by atoms with van der Waals surface area (Å²) in [7, 11) is 1.40. The lowest BCUT2D eigenvalue weighted by Crippen LogP contribution is -2.37. The molecule has 0 radical (unpaired) electrons. The average molecular weight is 540 g/mol. The van der Waals surface area contributed by atoms with Crippen LogP contribution in [0.3, 0.4) is 0 Å². The molecule has 35 heavy (non-hydrogen) atoms. The Kier molecular flexibility index (Phi) is 5.65. The Labute approximate surface area is 207 Å². The van der Waals surface area contributed by atoms with Crippen molar-refractivity contribution in [2.45, 2.75) is 12.1 Å². The van der Waals surface area contributed by atoms with Gasteiger partial charge in [0.2, 0.25) is 5.91 Å². The molecule has 2 aliphatic heterocycles. The van der Waals surface area contributed by atoms with Gasteiger partial charge in [0, 0.05) is 16.6 Å². The number of hydrogen-bond donors (Lipinski definition) is 1. The second-order valence-corrected chi connectivity index (χ2v) is 8.93. The minimum Gasteiger partial charge on any atom is -0.504 e. The zero-order valence-electron chi connectivity index (χ0n) is 18.2. The van der Waals surface area contributed by atoms with E-state index in [0.29, 0.717) is 16.9 Å². The van der Waals surface area contributed by atoms with Crippen molar-refractivity contribution in [3.8, 4) is 11.5 Å². The van der Waals surface area contributed by atoms with E-state index >= 15 is 0 Å². The lowest BCUT2D eigenvalue weighted by molar-refractivity contribution is -0.384. The van der Waals surface area contributed by atoms with E-state index in [-0.39, 0.29) is 17.2 Å². The fourth-order valence-electron chi connectivity index (χ4n) is 4.42. The highest BCUT2D eigenvalue weighted by atomic mass is 79.9. The number of ether oxygens (including phenoxy) is 1. The minimum absolute atomic E-state index is 0.0843. The number of non-ortho nitro benzene ring substituents is 1. The molecule has 2 amide bonds. The predicted octanol–water partition coefficient (Wildman–Crippen LogP) is 4.12. The summed E-state index contributed by atoms with van der Waals surface area (Å²) in [6.07, 6.45) is -1.11. The summed E-state index contributed by atoms with van der Waals surface area (Å²) in [4.78, 5) is 44.7. The van der Waals surface area contributed by atoms with Crippen molar-refractivity contribution in [1.29, 1.82) is 0 Å². The number of halogens is 1. The number of imide groups is 1. The van der Waals surface area contributed by atoms with Crippen LogP contribution in [0.5, 0.6) is 11.5 Å². The number of phenolic OH excluding ortho intramolecular Hbond substituents is 1. The molecule has 10 nitrogen and oxygen atoms in total. The van der Waals surface area contributed by atoms with Crippen molar-refractivity contribution in [1.82, 2.24) is 0 Å². The zero-order valence-corrected chi connectivity index (χ0v) is 19.8. The molecule has 11 heteroatoms. The SMILES string of the molecule is COc1cc([C@@H]2[C@H]3C(=O)N(c4ccc(Br)cc4)C(=O)[C@@H]3ON2c2ccc([N+](=O)[O-])cc2)ccc1O. The topological polar surface area (TPSA) is 122 Å². The van der Waals surface area contributed by atoms with Crippen LogP contribution in [-0.2, 0) is 14.4 Å². The van der Waals surface area contributed by atoms with Gasteiger partial charge in [0.1, 0.15) is 5.92 Å². The number of carbonyl (C=O) groups excluding carboxylic acids is 2. The van der Waals surface area contributed by atoms with Crippen molar-refractivity contribution in [3.05, 3.63) is 86.9 Å². The summed E-state index contributed by atoms with van der Waals surface area (Å²) in [6, 6.07) is 16.3. The van der Waals surface area contributed by atoms with Crippen molar-refractivity contribution in [2.24, 2.45) is 5.92 Å². The summed E-state index contributed by atoms with van der Waals surface area (Å²) in [6.45, 7) is 0. The first-order valence-electron chi connectivity index (χ1n) is 10.5. The predicted molar refractivity (Wildman–Crippen MR) is 128 cm³/mol. The number of anilines is 2. The molecule has 0 aliphatic carbocycles. The maximum atomic E-state index is 13.6. The van der Waals surface area contributed by atoms with Crippen molar-refractivity contribution < 1.29 is 29.2 Å². The Morgan fingerprint density at radius 2 is 1.66 bits per heavy atom. The van der Waals surface area contributed by atoms with Gasteiger partial charge in [-0.15, -0.1) is 0 Å². The molecule has 0 unspecified atom stereocenters. The number of rotatable bonds is 5. The first-order valence-corrected chi connectivity index (χ1v) is 11.3. The summed E-state index contributed by atoms with van der Waals surface area (Å²) >= 11 is 3.35. The molecule has 2 aliphatic rings. The molecule has 2 heterocycles. The third-order valence-electron chi connectivity index (χ3n) is 6.06. The number of hydrogen-bond acceptors (Lipinski definition) is 8. The standard InChI is InChI=1S/C24H18BrN3O7/c1-34-19-12-13(2-11-18(19)29)21-20-22(35-27(21)16-7-9-17(10-8-16)28(32)33)24(31)26(23(20)30)15-5-3-14(25)4-6-15/h2-12,20-22,29H,1H3/t20-,21-,22-/m1/s1. The molecular weight excluding hydrogens is 522 g/mol. The lowest BCUT2D eigenvalue weighted by atomic mass is 9.90. The molecular formula is C24H18BrN3O7. The number of fused-ring (bicyclic) bond motifs is 1. The molecule has 0 spiro atoms. The summed E-state index contributed by atoms with van der Waals surface area (Å²) in [5.74, 6) is -1.75. The van der Waals surface area contributed by atoms with E-state index in [1.807, 2.05) is 0 Å². The molecule has 0 aromatic heterocycles. The number of aromatic hydroxyl groups is 1. The van der Waals surface area contributed by atoms with E-state index < -0.39 is 34.8 Å². The van der Waals surface area contributed by atoms with E-state index in [1.165, 1.54) is 42.5 Å². The number of nitrogens with zero attached hydrogens (tertiary/aromatic N) is 3. The zero-order chi connectivity index (χ0) is 24.9. The van der Waals surface area contributed by atoms with Gasteiger partial charge in [0.25, 0.3) is 11.6 Å². The molecule has 2 fully saturated rings. The van der Waals surface area contributed by atoms with Crippen LogP contribution in [-0.4, -0.2) is 35.1 Å². The number of amides is 2. The normalized spacial score (nSPS) is 21.4. The van der Waals surface area contributed by atoms with Gasteiger partial charge < -0.3 is 9.84 Å². The maximum absolute atomic E-state index is 13.6. The number of carbonyl (C=O) groups is 2. The molecule has 3 aromatic carbocycles. The van der Waals surface area contributed by atoms with Crippen LogP contribution in [0.2, 0.25) is 0 Å². The minimum atomic E-state index is -1.11. The van der Waals surface area contributed by atoms with Crippen LogP contribution in [0.1, 0.15) is 11.6 Å². The van der Waals surface area contributed by atoms with Crippen molar-refractivity contribution in [2.75, 3.05) is 17.1 Å². The first kappa shape index (κ1) is 22.8. The molecule has 0 bridgehead atoms. The molecule has 2 saturated heterocycles. The Hall–Kier alpha value is -3.96. The molecule has 0 saturated carbocycles. The fourth-order valence-corrected chi connectivity index (χ4v) is 4.69. The second-order valence-electron chi connectivity index (χ2n) is 8.02. The van der Waals surface area contributed by atoms with Crippen LogP contribution in [0.25, 0.3) is 0 Å². The monoisotopic (exact) mass is 539 g/mol. The van der Waals surface area contributed by atoms with Gasteiger partial charge >= 0.3 is 0 Å². The van der Waals surface area contributed by atoms with E-state index in [1.54, 1.807) is 36.4 Å². The van der Waals surface area contributed by atoms with Crippen molar-refractivity contribution >= 4 is 44.8 Å². The molecule has 3 aromatic rings. The largest absolute Gasteiger partial charge is 0.504 e. The molecule has 1 N–H and O–H groups in total. The number of benzene rings is 3. The summed E-state index contributed by atoms with van der Waals surface area (Å²) in [5.41, 5.74) is 1.30. The second kappa shape index (κ2) is 8.67. The number of nitro groups is 1. The maximum Gasteiger partial charge on any atom is 0.269 e. The van der Waals surface area contributed by atoms with Gasteiger partial charge in [-0.3, -0.25) is 24.5 Å². The van der Waals surface area contributed by atoms with E-state index in [2.05, 4.69) is 15.9 Å². The van der Waals surface area contributed by atoms with Gasteiger partial charge in [-0.25, -0.2) is 9.96 Å². The number of nitro benzene ring substituents is 1. The lowest BCUT2D eigenvalue weighted by Gasteiger charge is -2.29. The highest BCUT2D eigenvalue weighted by molar-refractivity contribution is 9.10. The Bertz CT molecular complexity index is 1330. The summed E-state index contributed by atoms with van der Waals surface area (Å²) in [5, 5.41) is 22.6. The highest BCUT2D eigenvalue weighted by Crippen LogP contribution is 2.48. The Morgan fingerprint density at radius 3 is 2.29 bits per heavy atom. The number of phenols is 1. The number of hydroxylamine groups is 1. The highest BCUT2D eigenvalue weighted by Gasteiger charge is 2.60. The Morgan fingerprint density at radius 1 is 1.00 bits per heavy atom. The third kappa shape index (κ3) is 3.78. The quantitative estimate of drug-likeness (QED) is 0.291. The Balaban J connectivity index is 1.59. The first-order chi connectivity index (χ1) is 16.8. The van der Waals surface area contributed by atoms with Gasteiger partial charge in [0.05, 0.1) is 29.4 Å².